The molecule has 0 aliphatic carbocycles. The summed E-state index contributed by atoms with van der Waals surface area (Å²) < 4.78 is 0. The van der Waals surface area contributed by atoms with Crippen LogP contribution in [0.1, 0.15) is 47.2 Å². The summed E-state index contributed by atoms with van der Waals surface area (Å²) in [6.45, 7) is 4.31. The molecule has 0 bridgehead atoms. The number of aryl methyl sites for hydroxylation is 1. The fourth-order valence-corrected chi connectivity index (χ4v) is 4.92. The lowest BCUT2D eigenvalue weighted by atomic mass is 10.1. The van der Waals surface area contributed by atoms with Crippen LogP contribution in [0.4, 0.5) is 5.69 Å². The minimum absolute atomic E-state index is 0.0725. The highest BCUT2D eigenvalue weighted by Crippen LogP contribution is 2.29. The normalized spacial score (nSPS) is 18.1. The molecule has 33 heavy (non-hydrogen) atoms. The van der Waals surface area contributed by atoms with Crippen LogP contribution >= 0.6 is 11.8 Å². The molecule has 3 amide bonds. The Morgan fingerprint density at radius 3 is 2.42 bits per heavy atom. The summed E-state index contributed by atoms with van der Waals surface area (Å²) >= 11 is 1.39. The summed E-state index contributed by atoms with van der Waals surface area (Å²) in [5, 5.41) is 5.98. The highest BCUT2D eigenvalue weighted by Gasteiger charge is 2.33. The van der Waals surface area contributed by atoms with E-state index >= 15 is 0 Å². The second-order valence-electron chi connectivity index (χ2n) is 8.38. The number of carbonyl (C=O) groups is 3. The number of benzene rings is 2. The van der Waals surface area contributed by atoms with Crippen molar-refractivity contribution in [2.24, 2.45) is 4.99 Å². The highest BCUT2D eigenvalue weighted by atomic mass is 32.2. The lowest BCUT2D eigenvalue weighted by Gasteiger charge is -2.27. The molecule has 0 saturated carbocycles. The third kappa shape index (κ3) is 6.22. The summed E-state index contributed by atoms with van der Waals surface area (Å²) in [5.74, 6) is -0.660. The minimum Gasteiger partial charge on any atom is -0.351 e. The molecule has 2 aliphatic rings. The number of nitrogens with one attached hydrogen (secondary N) is 2. The molecule has 2 N–H and O–H groups in total. The smallest absolute Gasteiger partial charge is 0.262 e. The Balaban J connectivity index is 1.24. The first kappa shape index (κ1) is 23.0. The van der Waals surface area contributed by atoms with Crippen molar-refractivity contribution >= 4 is 40.3 Å². The third-order valence-electron chi connectivity index (χ3n) is 5.73. The van der Waals surface area contributed by atoms with E-state index in [0.29, 0.717) is 17.8 Å². The summed E-state index contributed by atoms with van der Waals surface area (Å²) in [7, 11) is 0. The van der Waals surface area contributed by atoms with Crippen molar-refractivity contribution in [2.45, 2.75) is 44.4 Å². The van der Waals surface area contributed by atoms with Gasteiger partial charge in [-0.2, -0.15) is 4.99 Å². The average molecular weight is 465 g/mol. The summed E-state index contributed by atoms with van der Waals surface area (Å²) in [4.78, 5) is 43.4. The van der Waals surface area contributed by atoms with Gasteiger partial charge < -0.3 is 15.5 Å². The number of nitrogens with zero attached hydrogens (tertiary/aromatic N) is 2. The molecule has 1 saturated heterocycles. The van der Waals surface area contributed by atoms with Crippen LogP contribution in [0.5, 0.6) is 0 Å². The molecular weight excluding hydrogens is 436 g/mol. The Labute approximate surface area is 198 Å². The number of aliphatic imine (C=N–C) groups is 1. The Bertz CT molecular complexity index is 1040. The molecule has 4 rings (SSSR count). The van der Waals surface area contributed by atoms with Gasteiger partial charge in [0, 0.05) is 37.3 Å². The van der Waals surface area contributed by atoms with Crippen LogP contribution in [0.3, 0.4) is 0 Å². The van der Waals surface area contributed by atoms with Gasteiger partial charge in [-0.3, -0.25) is 14.4 Å². The molecule has 1 fully saturated rings. The molecule has 0 radical (unpaired) electrons. The zero-order valence-electron chi connectivity index (χ0n) is 18.7. The van der Waals surface area contributed by atoms with Crippen molar-refractivity contribution in [3.63, 3.8) is 0 Å². The number of amides is 3. The summed E-state index contributed by atoms with van der Waals surface area (Å²) in [6.07, 6.45) is 3.50. The monoisotopic (exact) mass is 464 g/mol. The van der Waals surface area contributed by atoms with Crippen molar-refractivity contribution in [3.8, 4) is 0 Å². The molecule has 2 heterocycles. The molecule has 1 atom stereocenters. The molecule has 2 aromatic rings. The van der Waals surface area contributed by atoms with Gasteiger partial charge in [-0.15, -0.1) is 0 Å². The SMILES string of the molecule is Cc1ccc(CNC(=O)c2ccc(NC(=O)C[C@H]3SC(N4CCCCC4)=NC3=O)cc2)cc1. The molecule has 2 aromatic carbocycles. The fourth-order valence-electron chi connectivity index (χ4n) is 3.81. The first-order valence-electron chi connectivity index (χ1n) is 11.3. The number of rotatable bonds is 6. The van der Waals surface area contributed by atoms with E-state index in [2.05, 4.69) is 20.5 Å². The maximum absolute atomic E-state index is 12.5. The molecule has 0 spiro atoms. The summed E-state index contributed by atoms with van der Waals surface area (Å²) in [5.41, 5.74) is 3.31. The van der Waals surface area contributed by atoms with Gasteiger partial charge in [0.15, 0.2) is 5.17 Å². The van der Waals surface area contributed by atoms with Crippen molar-refractivity contribution in [1.29, 1.82) is 0 Å². The van der Waals surface area contributed by atoms with Crippen LogP contribution in [-0.2, 0) is 16.1 Å². The number of anilines is 1. The van der Waals surface area contributed by atoms with Gasteiger partial charge in [0.2, 0.25) is 5.91 Å². The lowest BCUT2D eigenvalue weighted by Crippen LogP contribution is -2.33. The van der Waals surface area contributed by atoms with E-state index in [4.69, 9.17) is 0 Å². The van der Waals surface area contributed by atoms with Gasteiger partial charge in [0.25, 0.3) is 11.8 Å². The number of carbonyl (C=O) groups excluding carboxylic acids is 3. The second kappa shape index (κ2) is 10.7. The molecule has 7 nitrogen and oxygen atoms in total. The van der Waals surface area contributed by atoms with Gasteiger partial charge in [-0.1, -0.05) is 41.6 Å². The van der Waals surface area contributed by atoms with E-state index in [0.717, 1.165) is 36.7 Å². The van der Waals surface area contributed by atoms with Gasteiger partial charge in [0.1, 0.15) is 5.25 Å². The minimum atomic E-state index is -0.478. The van der Waals surface area contributed by atoms with Crippen molar-refractivity contribution < 1.29 is 14.4 Å². The van der Waals surface area contributed by atoms with Crippen molar-refractivity contribution in [3.05, 3.63) is 65.2 Å². The molecule has 172 valence electrons. The third-order valence-corrected chi connectivity index (χ3v) is 6.94. The predicted molar refractivity (Wildman–Crippen MR) is 131 cm³/mol. The number of piperidine rings is 1. The number of likely N-dealkylation sites (tertiary alicyclic amines) is 1. The zero-order chi connectivity index (χ0) is 23.2. The van der Waals surface area contributed by atoms with Crippen LogP contribution in [0.25, 0.3) is 0 Å². The molecule has 0 unspecified atom stereocenters. The van der Waals surface area contributed by atoms with Crippen LogP contribution in [0.2, 0.25) is 0 Å². The van der Waals surface area contributed by atoms with E-state index in [1.807, 2.05) is 31.2 Å². The van der Waals surface area contributed by atoms with Gasteiger partial charge in [-0.05, 0) is 56.0 Å². The first-order valence-corrected chi connectivity index (χ1v) is 12.1. The Hall–Kier alpha value is -3.13. The average Bonchev–Trinajstić information content (AvgIpc) is 3.19. The number of amidine groups is 1. The largest absolute Gasteiger partial charge is 0.351 e. The number of thioether (sulfide) groups is 1. The van der Waals surface area contributed by atoms with E-state index in [1.165, 1.54) is 23.7 Å². The van der Waals surface area contributed by atoms with Crippen molar-refractivity contribution in [2.75, 3.05) is 18.4 Å². The van der Waals surface area contributed by atoms with Crippen molar-refractivity contribution in [1.82, 2.24) is 10.2 Å². The van der Waals surface area contributed by atoms with Crippen LogP contribution in [0, 0.1) is 6.92 Å². The molecular formula is C25H28N4O3S. The quantitative estimate of drug-likeness (QED) is 0.680. The standard InChI is InChI=1S/C25H28N4O3S/c1-17-5-7-18(8-6-17)16-26-23(31)19-9-11-20(12-10-19)27-22(30)15-21-24(32)28-25(33-21)29-13-3-2-4-14-29/h5-12,21H,2-4,13-16H2,1H3,(H,26,31)(H,27,30)/t21-/m1/s1. The maximum Gasteiger partial charge on any atom is 0.262 e. The molecule has 0 aromatic heterocycles. The fraction of sp³-hybridized carbons (Fsp3) is 0.360. The maximum atomic E-state index is 12.5. The Kier molecular flexibility index (Phi) is 7.44. The zero-order valence-corrected chi connectivity index (χ0v) is 19.5. The van der Waals surface area contributed by atoms with Gasteiger partial charge >= 0.3 is 0 Å². The second-order valence-corrected chi connectivity index (χ2v) is 9.55. The summed E-state index contributed by atoms with van der Waals surface area (Å²) in [6, 6.07) is 14.7. The van der Waals surface area contributed by atoms with E-state index in [9.17, 15) is 14.4 Å². The lowest BCUT2D eigenvalue weighted by molar-refractivity contribution is -0.121. The van der Waals surface area contributed by atoms with Gasteiger partial charge in [0.05, 0.1) is 0 Å². The number of hydrogen-bond donors (Lipinski definition) is 2. The highest BCUT2D eigenvalue weighted by molar-refractivity contribution is 8.15. The van der Waals surface area contributed by atoms with Crippen LogP contribution < -0.4 is 10.6 Å². The van der Waals surface area contributed by atoms with E-state index in [1.54, 1.807) is 24.3 Å². The predicted octanol–water partition coefficient (Wildman–Crippen LogP) is 3.74. The van der Waals surface area contributed by atoms with Crippen LogP contribution in [0.15, 0.2) is 53.5 Å². The molecule has 8 heteroatoms. The van der Waals surface area contributed by atoms with E-state index in [-0.39, 0.29) is 24.1 Å². The number of hydrogen-bond acceptors (Lipinski definition) is 5. The van der Waals surface area contributed by atoms with E-state index < -0.39 is 5.25 Å². The first-order chi connectivity index (χ1) is 16.0. The Morgan fingerprint density at radius 1 is 1.03 bits per heavy atom. The Morgan fingerprint density at radius 2 is 1.73 bits per heavy atom. The molecule has 2 aliphatic heterocycles. The topological polar surface area (TPSA) is 90.9 Å². The van der Waals surface area contributed by atoms with Gasteiger partial charge in [-0.25, -0.2) is 0 Å². The van der Waals surface area contributed by atoms with Crippen LogP contribution in [-0.4, -0.2) is 46.1 Å².